The maximum Gasteiger partial charge on any atom is 0.267 e. The topological polar surface area (TPSA) is 103 Å². The van der Waals surface area contributed by atoms with Crippen molar-refractivity contribution in [1.29, 1.82) is 0 Å². The monoisotopic (exact) mass is 378 g/mol. The van der Waals surface area contributed by atoms with Gasteiger partial charge in [-0.05, 0) is 37.3 Å². The van der Waals surface area contributed by atoms with Gasteiger partial charge in [0.15, 0.2) is 0 Å². The van der Waals surface area contributed by atoms with E-state index in [2.05, 4.69) is 24.1 Å². The molecule has 1 N–H and O–H groups in total. The Kier molecular flexibility index (Phi) is 4.43. The highest BCUT2D eigenvalue weighted by Crippen LogP contribution is 2.22. The van der Waals surface area contributed by atoms with Crippen LogP contribution in [0.1, 0.15) is 13.0 Å². The molecule has 0 saturated heterocycles. The van der Waals surface area contributed by atoms with E-state index >= 15 is 0 Å². The molecule has 0 saturated carbocycles. The molecule has 0 bridgehead atoms. The number of anilines is 1. The number of benzene rings is 1. The molecule has 1 unspecified atom stereocenters. The van der Waals surface area contributed by atoms with Gasteiger partial charge in [-0.15, -0.1) is 0 Å². The standard InChI is InChI=1S/C18H14N6O2S/c1-11(18(26)20-14-3-2-4-15-17(14)23-27-22-15)24-16(25)6-5-13(21-24)12-7-9-19-10-8-12/h2-11H,1H3,(H,20,26). The van der Waals surface area contributed by atoms with Crippen molar-refractivity contribution in [2.75, 3.05) is 5.32 Å². The van der Waals surface area contributed by atoms with Crippen LogP contribution >= 0.6 is 11.7 Å². The van der Waals surface area contributed by atoms with Gasteiger partial charge in [0, 0.05) is 24.0 Å². The van der Waals surface area contributed by atoms with Crippen LogP contribution in [-0.4, -0.2) is 29.4 Å². The molecule has 4 rings (SSSR count). The third kappa shape index (κ3) is 3.32. The number of nitrogens with one attached hydrogen (secondary N) is 1. The number of pyridine rings is 1. The molecule has 0 spiro atoms. The van der Waals surface area contributed by atoms with E-state index < -0.39 is 6.04 Å². The number of aromatic nitrogens is 5. The van der Waals surface area contributed by atoms with E-state index in [0.29, 0.717) is 22.4 Å². The van der Waals surface area contributed by atoms with Gasteiger partial charge in [-0.25, -0.2) is 4.68 Å². The molecule has 0 fully saturated rings. The molecule has 3 heterocycles. The van der Waals surface area contributed by atoms with Gasteiger partial charge in [0.2, 0.25) is 5.91 Å². The van der Waals surface area contributed by atoms with E-state index in [1.54, 1.807) is 49.6 Å². The molecule has 134 valence electrons. The van der Waals surface area contributed by atoms with Crippen molar-refractivity contribution in [3.8, 4) is 11.3 Å². The Morgan fingerprint density at radius 1 is 1.11 bits per heavy atom. The molecule has 27 heavy (non-hydrogen) atoms. The van der Waals surface area contributed by atoms with Crippen LogP contribution < -0.4 is 10.9 Å². The average Bonchev–Trinajstić information content (AvgIpc) is 3.18. The summed E-state index contributed by atoms with van der Waals surface area (Å²) in [6, 6.07) is 11.2. The zero-order chi connectivity index (χ0) is 18.8. The first-order valence-corrected chi connectivity index (χ1v) is 8.89. The van der Waals surface area contributed by atoms with Gasteiger partial charge in [-0.3, -0.25) is 14.6 Å². The first-order valence-electron chi connectivity index (χ1n) is 8.16. The minimum atomic E-state index is -0.805. The summed E-state index contributed by atoms with van der Waals surface area (Å²) in [6.07, 6.45) is 3.29. The van der Waals surface area contributed by atoms with Gasteiger partial charge in [0.25, 0.3) is 5.56 Å². The van der Waals surface area contributed by atoms with E-state index in [4.69, 9.17) is 0 Å². The lowest BCUT2D eigenvalue weighted by Gasteiger charge is -2.15. The Balaban J connectivity index is 1.64. The summed E-state index contributed by atoms with van der Waals surface area (Å²) in [6.45, 7) is 1.62. The fraction of sp³-hybridized carbons (Fsp3) is 0.111. The van der Waals surface area contributed by atoms with Crippen molar-refractivity contribution in [3.05, 3.63) is 65.2 Å². The number of nitrogens with zero attached hydrogens (tertiary/aromatic N) is 5. The predicted octanol–water partition coefficient (Wildman–Crippen LogP) is 2.51. The van der Waals surface area contributed by atoms with Crippen molar-refractivity contribution < 1.29 is 4.79 Å². The fourth-order valence-electron chi connectivity index (χ4n) is 2.63. The van der Waals surface area contributed by atoms with E-state index in [-0.39, 0.29) is 11.5 Å². The van der Waals surface area contributed by atoms with E-state index in [0.717, 1.165) is 17.3 Å². The molecule has 9 heteroatoms. The van der Waals surface area contributed by atoms with E-state index in [1.165, 1.54) is 10.7 Å². The molecule has 0 aliphatic carbocycles. The number of hydrogen-bond donors (Lipinski definition) is 1. The Labute approximate surface area is 157 Å². The zero-order valence-electron chi connectivity index (χ0n) is 14.2. The molecule has 1 amide bonds. The fourth-order valence-corrected chi connectivity index (χ4v) is 3.18. The number of hydrogen-bond acceptors (Lipinski definition) is 7. The maximum absolute atomic E-state index is 12.7. The molecular formula is C18H14N6O2S. The molecule has 8 nitrogen and oxygen atoms in total. The Morgan fingerprint density at radius 3 is 2.74 bits per heavy atom. The van der Waals surface area contributed by atoms with Gasteiger partial charge < -0.3 is 5.32 Å². The Bertz CT molecular complexity index is 1170. The highest BCUT2D eigenvalue weighted by atomic mass is 32.1. The lowest BCUT2D eigenvalue weighted by atomic mass is 10.2. The molecular weight excluding hydrogens is 364 g/mol. The van der Waals surface area contributed by atoms with E-state index in [1.807, 2.05) is 6.07 Å². The van der Waals surface area contributed by atoms with Crippen molar-refractivity contribution >= 4 is 34.4 Å². The molecule has 1 atom stereocenters. The minimum Gasteiger partial charge on any atom is -0.322 e. The minimum absolute atomic E-state index is 0.357. The average molecular weight is 378 g/mol. The highest BCUT2D eigenvalue weighted by molar-refractivity contribution is 7.00. The van der Waals surface area contributed by atoms with Crippen molar-refractivity contribution in [3.63, 3.8) is 0 Å². The summed E-state index contributed by atoms with van der Waals surface area (Å²) >= 11 is 1.08. The second kappa shape index (κ2) is 7.04. The van der Waals surface area contributed by atoms with Crippen LogP contribution in [0.2, 0.25) is 0 Å². The van der Waals surface area contributed by atoms with E-state index in [9.17, 15) is 9.59 Å². The second-order valence-electron chi connectivity index (χ2n) is 5.84. The van der Waals surface area contributed by atoms with Gasteiger partial charge in [-0.2, -0.15) is 13.8 Å². The number of rotatable bonds is 4. The Morgan fingerprint density at radius 2 is 1.93 bits per heavy atom. The third-order valence-electron chi connectivity index (χ3n) is 4.09. The van der Waals surface area contributed by atoms with Crippen molar-refractivity contribution in [2.24, 2.45) is 0 Å². The summed E-state index contributed by atoms with van der Waals surface area (Å²) < 4.78 is 9.53. The lowest BCUT2D eigenvalue weighted by Crippen LogP contribution is -2.33. The molecule has 1 aromatic carbocycles. The number of fused-ring (bicyclic) bond motifs is 1. The summed E-state index contributed by atoms with van der Waals surface area (Å²) in [7, 11) is 0. The molecule has 4 aromatic rings. The summed E-state index contributed by atoms with van der Waals surface area (Å²) in [5, 5.41) is 7.16. The summed E-state index contributed by atoms with van der Waals surface area (Å²) in [4.78, 5) is 28.9. The quantitative estimate of drug-likeness (QED) is 0.585. The molecule has 3 aromatic heterocycles. The number of carbonyl (C=O) groups excluding carboxylic acids is 1. The highest BCUT2D eigenvalue weighted by Gasteiger charge is 2.19. The maximum atomic E-state index is 12.7. The largest absolute Gasteiger partial charge is 0.322 e. The van der Waals surface area contributed by atoms with Crippen molar-refractivity contribution in [1.82, 2.24) is 23.5 Å². The Hall–Kier alpha value is -3.46. The van der Waals surface area contributed by atoms with Crippen LogP contribution in [0, 0.1) is 0 Å². The number of amides is 1. The van der Waals surface area contributed by atoms with Crippen LogP contribution in [0.5, 0.6) is 0 Å². The van der Waals surface area contributed by atoms with Crippen molar-refractivity contribution in [2.45, 2.75) is 13.0 Å². The lowest BCUT2D eigenvalue weighted by molar-refractivity contribution is -0.119. The third-order valence-corrected chi connectivity index (χ3v) is 4.63. The predicted molar refractivity (Wildman–Crippen MR) is 102 cm³/mol. The second-order valence-corrected chi connectivity index (χ2v) is 6.37. The molecule has 0 aliphatic heterocycles. The summed E-state index contributed by atoms with van der Waals surface area (Å²) in [5.74, 6) is -0.364. The SMILES string of the molecule is CC(C(=O)Nc1cccc2nsnc12)n1nc(-c2ccncc2)ccc1=O. The summed E-state index contributed by atoms with van der Waals surface area (Å²) in [5.41, 5.74) is 2.92. The molecule has 0 aliphatic rings. The van der Waals surface area contributed by atoms with Crippen LogP contribution in [-0.2, 0) is 4.79 Å². The first-order chi connectivity index (χ1) is 13.1. The van der Waals surface area contributed by atoms with Gasteiger partial charge in [0.1, 0.15) is 17.1 Å². The van der Waals surface area contributed by atoms with Crippen LogP contribution in [0.25, 0.3) is 22.3 Å². The molecule has 0 radical (unpaired) electrons. The zero-order valence-corrected chi connectivity index (χ0v) is 15.1. The van der Waals surface area contributed by atoms with Gasteiger partial charge in [-0.1, -0.05) is 6.07 Å². The number of carbonyl (C=O) groups is 1. The van der Waals surface area contributed by atoms with Gasteiger partial charge in [0.05, 0.1) is 23.1 Å². The smallest absolute Gasteiger partial charge is 0.267 e. The normalized spacial score (nSPS) is 12.0. The van der Waals surface area contributed by atoms with Gasteiger partial charge >= 0.3 is 0 Å². The van der Waals surface area contributed by atoms with Crippen LogP contribution in [0.4, 0.5) is 5.69 Å². The van der Waals surface area contributed by atoms with Crippen LogP contribution in [0.3, 0.4) is 0 Å². The first kappa shape index (κ1) is 17.0. The van der Waals surface area contributed by atoms with Crippen LogP contribution in [0.15, 0.2) is 59.7 Å².